The first-order valence-electron chi connectivity index (χ1n) is 6.26. The number of amides is 1. The van der Waals surface area contributed by atoms with E-state index in [1.54, 1.807) is 6.07 Å². The third-order valence-electron chi connectivity index (χ3n) is 3.10. The zero-order valence-electron chi connectivity index (χ0n) is 10.6. The molecule has 5 heteroatoms. The summed E-state index contributed by atoms with van der Waals surface area (Å²) in [4.78, 5) is 16.6. The minimum Gasteiger partial charge on any atom is -0.399 e. The topological polar surface area (TPSA) is 68.0 Å². The second-order valence-corrected chi connectivity index (χ2v) is 5.80. The fourth-order valence-corrected chi connectivity index (χ4v) is 2.81. The van der Waals surface area contributed by atoms with Crippen LogP contribution in [0.2, 0.25) is 0 Å². The molecular formula is C14H15N3OS. The number of nitrogens with zero attached hydrogens (tertiary/aromatic N) is 1. The number of nitrogens with one attached hydrogen (secondary N) is 1. The fourth-order valence-electron chi connectivity index (χ4n) is 2.02. The highest BCUT2D eigenvalue weighted by Gasteiger charge is 2.26. The van der Waals surface area contributed by atoms with Gasteiger partial charge in [-0.1, -0.05) is 0 Å². The fraction of sp³-hybridized carbons (Fsp3) is 0.286. The monoisotopic (exact) mass is 273 g/mol. The molecular weight excluding hydrogens is 258 g/mol. The van der Waals surface area contributed by atoms with E-state index in [0.717, 1.165) is 11.3 Å². The SMILES string of the molecule is Cc1cc(N)cc(C(=O)Nc2nc(C3CC3)cs2)c1. The Morgan fingerprint density at radius 3 is 2.89 bits per heavy atom. The van der Waals surface area contributed by atoms with Crippen LogP contribution in [-0.4, -0.2) is 10.9 Å². The summed E-state index contributed by atoms with van der Waals surface area (Å²) >= 11 is 1.47. The van der Waals surface area contributed by atoms with E-state index >= 15 is 0 Å². The predicted molar refractivity (Wildman–Crippen MR) is 77.6 cm³/mol. The number of nitrogens with two attached hydrogens (primary N) is 1. The molecule has 3 N–H and O–H groups in total. The first kappa shape index (κ1) is 12.2. The first-order chi connectivity index (χ1) is 9.11. The maximum atomic E-state index is 12.1. The summed E-state index contributed by atoms with van der Waals surface area (Å²) in [5.41, 5.74) is 9.00. The maximum Gasteiger partial charge on any atom is 0.257 e. The van der Waals surface area contributed by atoms with Crippen molar-refractivity contribution in [3.05, 3.63) is 40.4 Å². The zero-order valence-corrected chi connectivity index (χ0v) is 11.5. The molecule has 1 aromatic heterocycles. The minimum absolute atomic E-state index is 0.160. The number of anilines is 2. The Morgan fingerprint density at radius 1 is 1.42 bits per heavy atom. The summed E-state index contributed by atoms with van der Waals surface area (Å²) in [6.07, 6.45) is 2.43. The quantitative estimate of drug-likeness (QED) is 0.844. The van der Waals surface area contributed by atoms with E-state index in [4.69, 9.17) is 5.73 Å². The predicted octanol–water partition coefficient (Wildman–Crippen LogP) is 3.16. The number of hydrogen-bond donors (Lipinski definition) is 2. The highest BCUT2D eigenvalue weighted by atomic mass is 32.1. The Hall–Kier alpha value is -1.88. The summed E-state index contributed by atoms with van der Waals surface area (Å²) in [6, 6.07) is 5.34. The molecule has 1 aromatic carbocycles. The molecule has 0 bridgehead atoms. The van der Waals surface area contributed by atoms with Crippen LogP contribution in [0.15, 0.2) is 23.6 Å². The van der Waals surface area contributed by atoms with Gasteiger partial charge in [-0.2, -0.15) is 0 Å². The summed E-state index contributed by atoms with van der Waals surface area (Å²) in [6.45, 7) is 1.92. The van der Waals surface area contributed by atoms with Crippen molar-refractivity contribution in [2.75, 3.05) is 11.1 Å². The van der Waals surface area contributed by atoms with Gasteiger partial charge in [0, 0.05) is 22.5 Å². The van der Waals surface area contributed by atoms with E-state index in [2.05, 4.69) is 10.3 Å². The molecule has 0 aliphatic heterocycles. The lowest BCUT2D eigenvalue weighted by molar-refractivity contribution is 0.102. The van der Waals surface area contributed by atoms with Crippen LogP contribution in [0.1, 0.15) is 40.4 Å². The van der Waals surface area contributed by atoms with Crippen LogP contribution < -0.4 is 11.1 Å². The minimum atomic E-state index is -0.160. The second-order valence-electron chi connectivity index (χ2n) is 4.94. The van der Waals surface area contributed by atoms with Gasteiger partial charge in [0.15, 0.2) is 5.13 Å². The van der Waals surface area contributed by atoms with Crippen LogP contribution in [-0.2, 0) is 0 Å². The van der Waals surface area contributed by atoms with E-state index in [0.29, 0.717) is 22.3 Å². The van der Waals surface area contributed by atoms with E-state index in [-0.39, 0.29) is 5.91 Å². The highest BCUT2D eigenvalue weighted by molar-refractivity contribution is 7.14. The highest BCUT2D eigenvalue weighted by Crippen LogP contribution is 2.40. The second kappa shape index (κ2) is 4.66. The maximum absolute atomic E-state index is 12.1. The molecule has 1 saturated carbocycles. The van der Waals surface area contributed by atoms with Crippen molar-refractivity contribution >= 4 is 28.1 Å². The Labute approximate surface area is 115 Å². The molecule has 1 aliphatic rings. The molecule has 0 spiro atoms. The van der Waals surface area contributed by atoms with Crippen molar-refractivity contribution in [1.82, 2.24) is 4.98 Å². The summed E-state index contributed by atoms with van der Waals surface area (Å²) in [5.74, 6) is 0.448. The largest absolute Gasteiger partial charge is 0.399 e. The van der Waals surface area contributed by atoms with Gasteiger partial charge >= 0.3 is 0 Å². The molecule has 0 unspecified atom stereocenters. The number of aromatic nitrogens is 1. The normalized spacial score (nSPS) is 14.4. The van der Waals surface area contributed by atoms with E-state index in [1.165, 1.54) is 24.2 Å². The Kier molecular flexibility index (Phi) is 2.98. The summed E-state index contributed by atoms with van der Waals surface area (Å²) < 4.78 is 0. The molecule has 2 aromatic rings. The summed E-state index contributed by atoms with van der Waals surface area (Å²) in [5, 5.41) is 5.51. The van der Waals surface area contributed by atoms with Gasteiger partial charge in [-0.3, -0.25) is 10.1 Å². The molecule has 98 valence electrons. The molecule has 4 nitrogen and oxygen atoms in total. The molecule has 19 heavy (non-hydrogen) atoms. The van der Waals surface area contributed by atoms with Crippen molar-refractivity contribution in [2.24, 2.45) is 0 Å². The van der Waals surface area contributed by atoms with E-state index in [1.807, 2.05) is 24.4 Å². The van der Waals surface area contributed by atoms with Gasteiger partial charge < -0.3 is 5.73 Å². The van der Waals surface area contributed by atoms with Crippen LogP contribution in [0.4, 0.5) is 10.8 Å². The number of carbonyl (C=O) groups excluding carboxylic acids is 1. The van der Waals surface area contributed by atoms with Crippen LogP contribution in [0.3, 0.4) is 0 Å². The smallest absolute Gasteiger partial charge is 0.257 e. The summed E-state index contributed by atoms with van der Waals surface area (Å²) in [7, 11) is 0. The molecule has 3 rings (SSSR count). The Morgan fingerprint density at radius 2 is 2.21 bits per heavy atom. The van der Waals surface area contributed by atoms with Gasteiger partial charge in [0.2, 0.25) is 0 Å². The lowest BCUT2D eigenvalue weighted by atomic mass is 10.1. The molecule has 1 amide bonds. The van der Waals surface area contributed by atoms with Crippen molar-refractivity contribution in [2.45, 2.75) is 25.7 Å². The van der Waals surface area contributed by atoms with Gasteiger partial charge in [-0.15, -0.1) is 11.3 Å². The zero-order chi connectivity index (χ0) is 13.4. The number of thiazole rings is 1. The van der Waals surface area contributed by atoms with Crippen LogP contribution in [0.5, 0.6) is 0 Å². The molecule has 1 fully saturated rings. The van der Waals surface area contributed by atoms with E-state index < -0.39 is 0 Å². The third-order valence-corrected chi connectivity index (χ3v) is 3.88. The van der Waals surface area contributed by atoms with Crippen LogP contribution >= 0.6 is 11.3 Å². The third kappa shape index (κ3) is 2.76. The van der Waals surface area contributed by atoms with Crippen molar-refractivity contribution in [3.63, 3.8) is 0 Å². The number of aryl methyl sites for hydroxylation is 1. The van der Waals surface area contributed by atoms with Gasteiger partial charge in [0.25, 0.3) is 5.91 Å². The van der Waals surface area contributed by atoms with Gasteiger partial charge in [-0.25, -0.2) is 4.98 Å². The van der Waals surface area contributed by atoms with Crippen molar-refractivity contribution < 1.29 is 4.79 Å². The molecule has 0 saturated heterocycles. The average molecular weight is 273 g/mol. The lowest BCUT2D eigenvalue weighted by Gasteiger charge is -2.04. The van der Waals surface area contributed by atoms with Crippen molar-refractivity contribution in [3.8, 4) is 0 Å². The number of rotatable bonds is 3. The van der Waals surface area contributed by atoms with Gasteiger partial charge in [0.1, 0.15) is 0 Å². The number of hydrogen-bond acceptors (Lipinski definition) is 4. The molecule has 1 heterocycles. The standard InChI is InChI=1S/C14H15N3OS/c1-8-4-10(6-11(15)5-8)13(18)17-14-16-12(7-19-14)9-2-3-9/h4-7,9H,2-3,15H2,1H3,(H,16,17,18). The van der Waals surface area contributed by atoms with Crippen molar-refractivity contribution in [1.29, 1.82) is 0 Å². The Balaban J connectivity index is 1.75. The first-order valence-corrected chi connectivity index (χ1v) is 7.14. The number of benzene rings is 1. The van der Waals surface area contributed by atoms with Gasteiger partial charge in [-0.05, 0) is 43.5 Å². The van der Waals surface area contributed by atoms with Crippen LogP contribution in [0, 0.1) is 6.92 Å². The molecule has 0 atom stereocenters. The van der Waals surface area contributed by atoms with Crippen LogP contribution in [0.25, 0.3) is 0 Å². The van der Waals surface area contributed by atoms with E-state index in [9.17, 15) is 4.79 Å². The average Bonchev–Trinajstić information content (AvgIpc) is 3.09. The number of nitrogen functional groups attached to an aromatic ring is 1. The van der Waals surface area contributed by atoms with Gasteiger partial charge in [0.05, 0.1) is 5.69 Å². The molecule has 0 radical (unpaired) electrons. The Bertz CT molecular complexity index is 611. The lowest BCUT2D eigenvalue weighted by Crippen LogP contribution is -2.12. The number of carbonyl (C=O) groups is 1. The molecule has 1 aliphatic carbocycles.